The van der Waals surface area contributed by atoms with E-state index < -0.39 is 0 Å². The van der Waals surface area contributed by atoms with Crippen LogP contribution in [0, 0.1) is 0 Å². The smallest absolute Gasteiger partial charge is 0.0806 e. The van der Waals surface area contributed by atoms with Gasteiger partial charge in [-0.2, -0.15) is 0 Å². The Kier molecular flexibility index (Phi) is 8.40. The van der Waals surface area contributed by atoms with Crippen molar-refractivity contribution in [1.29, 1.82) is 0 Å². The molecule has 0 heterocycles. The fourth-order valence-electron chi connectivity index (χ4n) is 0.866. The van der Waals surface area contributed by atoms with E-state index in [4.69, 9.17) is 14.2 Å². The summed E-state index contributed by atoms with van der Waals surface area (Å²) in [6.45, 7) is 8.24. The van der Waals surface area contributed by atoms with E-state index in [1.165, 1.54) is 0 Å². The average molecular weight is 190 g/mol. The van der Waals surface area contributed by atoms with Gasteiger partial charge in [0.15, 0.2) is 0 Å². The van der Waals surface area contributed by atoms with Crippen molar-refractivity contribution in [2.24, 2.45) is 0 Å². The van der Waals surface area contributed by atoms with Crippen molar-refractivity contribution < 1.29 is 14.2 Å². The Morgan fingerprint density at radius 2 is 1.69 bits per heavy atom. The van der Waals surface area contributed by atoms with Crippen LogP contribution in [-0.2, 0) is 14.2 Å². The third-order valence-electron chi connectivity index (χ3n) is 1.99. The lowest BCUT2D eigenvalue weighted by Gasteiger charge is -2.18. The van der Waals surface area contributed by atoms with Gasteiger partial charge in [0, 0.05) is 13.7 Å². The zero-order chi connectivity index (χ0) is 10.1. The van der Waals surface area contributed by atoms with Gasteiger partial charge in [-0.15, -0.1) is 0 Å². The summed E-state index contributed by atoms with van der Waals surface area (Å²) in [5.74, 6) is 0. The molecule has 0 rings (SSSR count). The van der Waals surface area contributed by atoms with E-state index in [9.17, 15) is 0 Å². The number of hydrogen-bond acceptors (Lipinski definition) is 3. The summed E-state index contributed by atoms with van der Waals surface area (Å²) in [5.41, 5.74) is 0. The second-order valence-corrected chi connectivity index (χ2v) is 3.13. The zero-order valence-electron chi connectivity index (χ0n) is 9.21. The maximum absolute atomic E-state index is 5.49. The average Bonchev–Trinajstić information content (AvgIpc) is 2.16. The Hall–Kier alpha value is -0.120. The summed E-state index contributed by atoms with van der Waals surface area (Å²) in [5, 5.41) is 0. The first-order valence-electron chi connectivity index (χ1n) is 4.94. The molecule has 0 amide bonds. The highest BCUT2D eigenvalue weighted by atomic mass is 16.6. The fourth-order valence-corrected chi connectivity index (χ4v) is 0.866. The van der Waals surface area contributed by atoms with Crippen molar-refractivity contribution >= 4 is 0 Å². The standard InChI is InChI=1S/C10H22O3/c1-5-6-12-7-8-13-10(3)9(2)11-4/h9-10H,5-8H2,1-4H3. The summed E-state index contributed by atoms with van der Waals surface area (Å²) in [6.07, 6.45) is 1.34. The number of ether oxygens (including phenoxy) is 3. The van der Waals surface area contributed by atoms with E-state index in [0.717, 1.165) is 13.0 Å². The molecular weight excluding hydrogens is 168 g/mol. The maximum atomic E-state index is 5.49. The maximum Gasteiger partial charge on any atom is 0.0806 e. The summed E-state index contributed by atoms with van der Waals surface area (Å²) >= 11 is 0. The molecule has 0 aromatic heterocycles. The van der Waals surface area contributed by atoms with Crippen LogP contribution in [0.3, 0.4) is 0 Å². The number of hydrogen-bond donors (Lipinski definition) is 0. The molecule has 2 atom stereocenters. The van der Waals surface area contributed by atoms with Crippen molar-refractivity contribution in [3.63, 3.8) is 0 Å². The van der Waals surface area contributed by atoms with Crippen LogP contribution in [-0.4, -0.2) is 39.1 Å². The third-order valence-corrected chi connectivity index (χ3v) is 1.99. The molecule has 0 fully saturated rings. The van der Waals surface area contributed by atoms with Gasteiger partial charge in [-0.05, 0) is 20.3 Å². The Balaban J connectivity index is 3.21. The molecule has 0 aromatic rings. The molecule has 3 nitrogen and oxygen atoms in total. The second kappa shape index (κ2) is 8.48. The molecule has 0 radical (unpaired) electrons. The number of methoxy groups -OCH3 is 1. The SMILES string of the molecule is CCCOCCOC(C)C(C)OC. The largest absolute Gasteiger partial charge is 0.379 e. The highest BCUT2D eigenvalue weighted by Crippen LogP contribution is 2.01. The lowest BCUT2D eigenvalue weighted by molar-refractivity contribution is -0.0550. The van der Waals surface area contributed by atoms with Crippen molar-refractivity contribution in [2.75, 3.05) is 26.9 Å². The van der Waals surface area contributed by atoms with Crippen LogP contribution < -0.4 is 0 Å². The van der Waals surface area contributed by atoms with E-state index in [2.05, 4.69) is 6.92 Å². The topological polar surface area (TPSA) is 27.7 Å². The molecule has 0 bridgehead atoms. The van der Waals surface area contributed by atoms with Gasteiger partial charge in [0.1, 0.15) is 0 Å². The minimum atomic E-state index is 0.134. The fraction of sp³-hybridized carbons (Fsp3) is 1.00. The van der Waals surface area contributed by atoms with Crippen LogP contribution in [0.2, 0.25) is 0 Å². The predicted octanol–water partition coefficient (Wildman–Crippen LogP) is 1.85. The second-order valence-electron chi connectivity index (χ2n) is 3.13. The molecule has 0 saturated heterocycles. The lowest BCUT2D eigenvalue weighted by atomic mass is 10.2. The quantitative estimate of drug-likeness (QED) is 0.547. The minimum Gasteiger partial charge on any atom is -0.379 e. The van der Waals surface area contributed by atoms with Crippen LogP contribution in [0.1, 0.15) is 27.2 Å². The molecule has 0 aromatic carbocycles. The van der Waals surface area contributed by atoms with E-state index in [0.29, 0.717) is 13.2 Å². The molecule has 3 heteroatoms. The zero-order valence-corrected chi connectivity index (χ0v) is 9.21. The number of rotatable bonds is 8. The van der Waals surface area contributed by atoms with Gasteiger partial charge in [0.25, 0.3) is 0 Å². The Bertz CT molecular complexity index is 106. The third kappa shape index (κ3) is 6.99. The molecule has 0 aliphatic carbocycles. The van der Waals surface area contributed by atoms with Crippen LogP contribution in [0.15, 0.2) is 0 Å². The molecule has 0 N–H and O–H groups in total. The normalized spacial score (nSPS) is 15.7. The first-order valence-corrected chi connectivity index (χ1v) is 4.94. The highest BCUT2D eigenvalue weighted by Gasteiger charge is 2.10. The Labute approximate surface area is 81.4 Å². The van der Waals surface area contributed by atoms with Gasteiger partial charge >= 0.3 is 0 Å². The van der Waals surface area contributed by atoms with Crippen LogP contribution in [0.5, 0.6) is 0 Å². The Morgan fingerprint density at radius 1 is 1.00 bits per heavy atom. The molecule has 0 spiro atoms. The van der Waals surface area contributed by atoms with Crippen LogP contribution >= 0.6 is 0 Å². The van der Waals surface area contributed by atoms with Crippen molar-refractivity contribution in [3.8, 4) is 0 Å². The summed E-state index contributed by atoms with van der Waals surface area (Å²) in [6, 6.07) is 0. The lowest BCUT2D eigenvalue weighted by Crippen LogP contribution is -2.26. The van der Waals surface area contributed by atoms with Gasteiger partial charge in [-0.1, -0.05) is 6.92 Å². The van der Waals surface area contributed by atoms with Gasteiger partial charge in [-0.3, -0.25) is 0 Å². The van der Waals surface area contributed by atoms with Crippen molar-refractivity contribution in [2.45, 2.75) is 39.4 Å². The van der Waals surface area contributed by atoms with Gasteiger partial charge < -0.3 is 14.2 Å². The monoisotopic (exact) mass is 190 g/mol. The summed E-state index contributed by atoms with van der Waals surface area (Å²) in [4.78, 5) is 0. The molecule has 0 aliphatic heterocycles. The van der Waals surface area contributed by atoms with E-state index in [1.807, 2.05) is 13.8 Å². The molecule has 13 heavy (non-hydrogen) atoms. The summed E-state index contributed by atoms with van der Waals surface area (Å²) < 4.78 is 15.9. The van der Waals surface area contributed by atoms with Gasteiger partial charge in [-0.25, -0.2) is 0 Å². The molecule has 0 aliphatic rings. The molecule has 0 saturated carbocycles. The first-order chi connectivity index (χ1) is 6.22. The molecule has 2 unspecified atom stereocenters. The van der Waals surface area contributed by atoms with Crippen LogP contribution in [0.4, 0.5) is 0 Å². The minimum absolute atomic E-state index is 0.134. The first kappa shape index (κ1) is 12.9. The predicted molar refractivity (Wildman–Crippen MR) is 53.0 cm³/mol. The summed E-state index contributed by atoms with van der Waals surface area (Å²) in [7, 11) is 1.69. The van der Waals surface area contributed by atoms with E-state index in [1.54, 1.807) is 7.11 Å². The molecule has 80 valence electrons. The van der Waals surface area contributed by atoms with Gasteiger partial charge in [0.05, 0.1) is 25.4 Å². The van der Waals surface area contributed by atoms with E-state index in [-0.39, 0.29) is 12.2 Å². The van der Waals surface area contributed by atoms with Crippen molar-refractivity contribution in [1.82, 2.24) is 0 Å². The van der Waals surface area contributed by atoms with Crippen LogP contribution in [0.25, 0.3) is 0 Å². The van der Waals surface area contributed by atoms with E-state index >= 15 is 0 Å². The van der Waals surface area contributed by atoms with Gasteiger partial charge in [0.2, 0.25) is 0 Å². The Morgan fingerprint density at radius 3 is 2.23 bits per heavy atom. The van der Waals surface area contributed by atoms with Crippen molar-refractivity contribution in [3.05, 3.63) is 0 Å². The highest BCUT2D eigenvalue weighted by molar-refractivity contribution is 4.58. The molecular formula is C10H22O3.